The van der Waals surface area contributed by atoms with Crippen molar-refractivity contribution in [2.75, 3.05) is 7.11 Å². The fourth-order valence-electron chi connectivity index (χ4n) is 4.36. The minimum atomic E-state index is -0.628. The maximum atomic E-state index is 13.1. The molecule has 0 N–H and O–H groups in total. The monoisotopic (exact) mass is 462 g/mol. The van der Waals surface area contributed by atoms with Gasteiger partial charge in [0.1, 0.15) is 22.5 Å². The van der Waals surface area contributed by atoms with Gasteiger partial charge in [-0.2, -0.15) is 0 Å². The summed E-state index contributed by atoms with van der Waals surface area (Å²) in [5, 5.41) is 0. The molecular formula is C29H34O5. The number of rotatable bonds is 3. The molecule has 0 spiro atoms. The largest absolute Gasteiger partial charge is 0.487 e. The minimum Gasteiger partial charge on any atom is -0.487 e. The van der Waals surface area contributed by atoms with Crippen molar-refractivity contribution >= 4 is 11.9 Å². The Morgan fingerprint density at radius 3 is 2.21 bits per heavy atom. The smallest absolute Gasteiger partial charge is 0.342 e. The van der Waals surface area contributed by atoms with Crippen LogP contribution in [0.5, 0.6) is 5.75 Å². The quantitative estimate of drug-likeness (QED) is 0.439. The van der Waals surface area contributed by atoms with Crippen LogP contribution in [0.4, 0.5) is 0 Å². The predicted octanol–water partition coefficient (Wildman–Crippen LogP) is 5.60. The fraction of sp³-hybridized carbons (Fsp3) is 0.448. The van der Waals surface area contributed by atoms with Crippen molar-refractivity contribution < 1.29 is 23.8 Å². The van der Waals surface area contributed by atoms with Gasteiger partial charge in [-0.3, -0.25) is 4.79 Å². The normalized spacial score (nSPS) is 15.8. The van der Waals surface area contributed by atoms with Gasteiger partial charge in [0, 0.05) is 16.7 Å². The Balaban J connectivity index is 2.03. The van der Waals surface area contributed by atoms with Gasteiger partial charge in [0.15, 0.2) is 0 Å². The Bertz CT molecular complexity index is 1150. The molecule has 5 nitrogen and oxygen atoms in total. The van der Waals surface area contributed by atoms with Gasteiger partial charge in [-0.1, -0.05) is 37.8 Å². The van der Waals surface area contributed by atoms with Gasteiger partial charge in [-0.05, 0) is 76.3 Å². The Labute approximate surface area is 202 Å². The van der Waals surface area contributed by atoms with E-state index in [0.717, 1.165) is 28.7 Å². The summed E-state index contributed by atoms with van der Waals surface area (Å²) < 4.78 is 16.7. The van der Waals surface area contributed by atoms with Crippen LogP contribution in [0.15, 0.2) is 36.4 Å². The summed E-state index contributed by atoms with van der Waals surface area (Å²) in [6.45, 7) is 13.9. The third kappa shape index (κ3) is 6.20. The molecule has 0 aromatic heterocycles. The van der Waals surface area contributed by atoms with Crippen LogP contribution in [0.2, 0.25) is 0 Å². The molecule has 180 valence electrons. The molecule has 0 amide bonds. The lowest BCUT2D eigenvalue weighted by molar-refractivity contribution is -0.139. The topological polar surface area (TPSA) is 61.8 Å². The molecular weight excluding hydrogens is 428 g/mol. The molecule has 0 bridgehead atoms. The van der Waals surface area contributed by atoms with Crippen molar-refractivity contribution in [2.24, 2.45) is 0 Å². The maximum absolute atomic E-state index is 13.1. The molecule has 1 aliphatic rings. The van der Waals surface area contributed by atoms with E-state index in [4.69, 9.17) is 14.2 Å². The van der Waals surface area contributed by atoms with Crippen molar-refractivity contribution in [1.82, 2.24) is 0 Å². The average molecular weight is 463 g/mol. The highest BCUT2D eigenvalue weighted by Crippen LogP contribution is 2.47. The average Bonchev–Trinajstić information content (AvgIpc) is 2.70. The second-order valence-electron chi connectivity index (χ2n) is 11.0. The second-order valence-corrected chi connectivity index (χ2v) is 11.0. The van der Waals surface area contributed by atoms with Crippen LogP contribution in [0, 0.1) is 11.8 Å². The van der Waals surface area contributed by atoms with Gasteiger partial charge in [-0.15, -0.1) is 0 Å². The van der Waals surface area contributed by atoms with Crippen LogP contribution in [0.1, 0.15) is 87.5 Å². The maximum Gasteiger partial charge on any atom is 0.342 e. The van der Waals surface area contributed by atoms with Crippen molar-refractivity contribution in [2.45, 2.75) is 77.9 Å². The Kier molecular flexibility index (Phi) is 6.85. The van der Waals surface area contributed by atoms with Gasteiger partial charge >= 0.3 is 11.9 Å². The van der Waals surface area contributed by atoms with E-state index < -0.39 is 17.2 Å². The molecule has 0 saturated heterocycles. The lowest BCUT2D eigenvalue weighted by Crippen LogP contribution is -2.42. The second kappa shape index (κ2) is 9.18. The van der Waals surface area contributed by atoms with E-state index in [1.165, 1.54) is 7.11 Å². The highest BCUT2D eigenvalue weighted by Gasteiger charge is 2.41. The number of benzene rings is 2. The van der Waals surface area contributed by atoms with Gasteiger partial charge in [0.05, 0.1) is 13.5 Å². The summed E-state index contributed by atoms with van der Waals surface area (Å²) in [4.78, 5) is 24.6. The predicted molar refractivity (Wildman–Crippen MR) is 132 cm³/mol. The van der Waals surface area contributed by atoms with Crippen molar-refractivity contribution in [3.05, 3.63) is 64.2 Å². The molecule has 3 rings (SSSR count). The zero-order chi connectivity index (χ0) is 25.3. The zero-order valence-corrected chi connectivity index (χ0v) is 21.4. The van der Waals surface area contributed by atoms with E-state index in [9.17, 15) is 9.59 Å². The van der Waals surface area contributed by atoms with Crippen LogP contribution >= 0.6 is 0 Å². The number of hydrogen-bond acceptors (Lipinski definition) is 5. The third-order valence-electron chi connectivity index (χ3n) is 5.56. The molecule has 2 aromatic carbocycles. The Morgan fingerprint density at radius 2 is 1.62 bits per heavy atom. The number of methoxy groups -OCH3 is 1. The summed E-state index contributed by atoms with van der Waals surface area (Å²) >= 11 is 0. The van der Waals surface area contributed by atoms with E-state index >= 15 is 0 Å². The molecule has 0 radical (unpaired) electrons. The van der Waals surface area contributed by atoms with E-state index in [2.05, 4.69) is 25.7 Å². The van der Waals surface area contributed by atoms with Crippen LogP contribution in [0.3, 0.4) is 0 Å². The first-order valence-corrected chi connectivity index (χ1v) is 11.5. The summed E-state index contributed by atoms with van der Waals surface area (Å²) in [5.41, 5.74) is 2.49. The molecule has 1 aliphatic heterocycles. The Morgan fingerprint density at radius 1 is 1.00 bits per heavy atom. The van der Waals surface area contributed by atoms with Crippen LogP contribution in [0.25, 0.3) is 0 Å². The zero-order valence-electron chi connectivity index (χ0n) is 21.4. The van der Waals surface area contributed by atoms with Crippen LogP contribution in [-0.2, 0) is 26.1 Å². The molecule has 2 aromatic rings. The van der Waals surface area contributed by atoms with Crippen LogP contribution in [-0.4, -0.2) is 30.3 Å². The molecule has 5 heteroatoms. The lowest BCUT2D eigenvalue weighted by Gasteiger charge is -2.43. The van der Waals surface area contributed by atoms with E-state index in [1.54, 1.807) is 6.07 Å². The molecule has 34 heavy (non-hydrogen) atoms. The van der Waals surface area contributed by atoms with Crippen molar-refractivity contribution in [3.63, 3.8) is 0 Å². The first-order chi connectivity index (χ1) is 15.7. The minimum absolute atomic E-state index is 0.207. The van der Waals surface area contributed by atoms with Gasteiger partial charge in [0.25, 0.3) is 0 Å². The summed E-state index contributed by atoms with van der Waals surface area (Å²) in [7, 11) is 1.37. The molecule has 0 aliphatic carbocycles. The number of hydrogen-bond donors (Lipinski definition) is 0. The standard InChI is InChI=1S/C29H34O5/c1-27(2,3)34-26(31)22-15-21(16-23-25(22)33-29(6,7)18-28(23,4)5)14-11-19-9-12-20(13-10-19)17-24(30)32-8/h9-10,12-13,15-16H,17-18H2,1-8H3. The van der Waals surface area contributed by atoms with E-state index in [1.807, 2.05) is 65.0 Å². The SMILES string of the molecule is COC(=O)Cc1ccc(C#Cc2cc(C(=O)OC(C)(C)C)c3c(c2)C(C)(C)CC(C)(C)O3)cc1. The highest BCUT2D eigenvalue weighted by molar-refractivity contribution is 5.94. The van der Waals surface area contributed by atoms with Gasteiger partial charge in [-0.25, -0.2) is 4.79 Å². The van der Waals surface area contributed by atoms with Gasteiger partial charge in [0.2, 0.25) is 0 Å². The van der Waals surface area contributed by atoms with Crippen molar-refractivity contribution in [3.8, 4) is 17.6 Å². The van der Waals surface area contributed by atoms with E-state index in [-0.39, 0.29) is 17.8 Å². The molecule has 1 heterocycles. The first kappa shape index (κ1) is 25.4. The summed E-state index contributed by atoms with van der Waals surface area (Å²) in [6, 6.07) is 11.2. The van der Waals surface area contributed by atoms with Crippen molar-refractivity contribution in [1.29, 1.82) is 0 Å². The fourth-order valence-corrected chi connectivity index (χ4v) is 4.36. The molecule has 0 unspecified atom stereocenters. The first-order valence-electron chi connectivity index (χ1n) is 11.5. The number of ether oxygens (including phenoxy) is 3. The molecule has 0 saturated carbocycles. The number of fused-ring (bicyclic) bond motifs is 1. The molecule has 0 atom stereocenters. The Hall–Kier alpha value is -3.26. The van der Waals surface area contributed by atoms with Crippen LogP contribution < -0.4 is 4.74 Å². The number of carbonyl (C=O) groups is 2. The van der Waals surface area contributed by atoms with Gasteiger partial charge < -0.3 is 14.2 Å². The number of carbonyl (C=O) groups excluding carboxylic acids is 2. The lowest BCUT2D eigenvalue weighted by atomic mass is 9.72. The highest BCUT2D eigenvalue weighted by atomic mass is 16.6. The van der Waals surface area contributed by atoms with E-state index in [0.29, 0.717) is 11.3 Å². The molecule has 0 fully saturated rings. The number of esters is 2. The summed E-state index contributed by atoms with van der Waals surface area (Å²) in [5.74, 6) is 6.23. The third-order valence-corrected chi connectivity index (χ3v) is 5.56. The summed E-state index contributed by atoms with van der Waals surface area (Å²) in [6.07, 6.45) is 1.03.